The van der Waals surface area contributed by atoms with Crippen molar-refractivity contribution < 1.29 is 0 Å². The average molecular weight is 219 g/mol. The van der Waals surface area contributed by atoms with Crippen molar-refractivity contribution in [2.24, 2.45) is 0 Å². The smallest absolute Gasteiger partial charge is 0.129 e. The van der Waals surface area contributed by atoms with E-state index in [-0.39, 0.29) is 5.57 Å². The van der Waals surface area contributed by atoms with Gasteiger partial charge in [0.25, 0.3) is 0 Å². The average Bonchev–Trinajstić information content (AvgIpc) is 2.68. The summed E-state index contributed by atoms with van der Waals surface area (Å²) >= 11 is 1.78. The zero-order valence-electron chi connectivity index (χ0n) is 8.73. The number of nitrogens with zero attached hydrogens (tertiary/aromatic N) is 3. The third-order valence-corrected chi connectivity index (χ3v) is 3.13. The molecule has 15 heavy (non-hydrogen) atoms. The number of hydrogen-bond donors (Lipinski definition) is 0. The molecule has 0 aromatic rings. The minimum Gasteiger partial charge on any atom is -0.366 e. The van der Waals surface area contributed by atoms with Gasteiger partial charge in [-0.1, -0.05) is 6.92 Å². The lowest BCUT2D eigenvalue weighted by atomic mass is 10.3. The maximum Gasteiger partial charge on any atom is 0.129 e. The lowest BCUT2D eigenvalue weighted by Crippen LogP contribution is -2.18. The van der Waals surface area contributed by atoms with Crippen LogP contribution in [0.25, 0.3) is 0 Å². The van der Waals surface area contributed by atoms with Gasteiger partial charge in [0.05, 0.1) is 5.03 Å². The second-order valence-electron chi connectivity index (χ2n) is 3.14. The largest absolute Gasteiger partial charge is 0.366 e. The molecule has 1 aliphatic heterocycles. The molecule has 0 unspecified atom stereocenters. The van der Waals surface area contributed by atoms with Crippen molar-refractivity contribution in [1.29, 1.82) is 10.5 Å². The van der Waals surface area contributed by atoms with Crippen molar-refractivity contribution in [3.8, 4) is 12.1 Å². The van der Waals surface area contributed by atoms with Gasteiger partial charge in [-0.25, -0.2) is 0 Å². The van der Waals surface area contributed by atoms with E-state index in [0.717, 1.165) is 25.3 Å². The van der Waals surface area contributed by atoms with Gasteiger partial charge in [-0.2, -0.15) is 10.5 Å². The van der Waals surface area contributed by atoms with Gasteiger partial charge in [-0.05, 0) is 18.6 Å². The summed E-state index contributed by atoms with van der Waals surface area (Å²) in [6.07, 6.45) is 4.58. The van der Waals surface area contributed by atoms with E-state index in [1.807, 2.05) is 18.2 Å². The maximum absolute atomic E-state index is 8.58. The van der Waals surface area contributed by atoms with E-state index in [9.17, 15) is 0 Å². The summed E-state index contributed by atoms with van der Waals surface area (Å²) in [4.78, 5) is 2.29. The highest BCUT2D eigenvalue weighted by Gasteiger charge is 2.15. The van der Waals surface area contributed by atoms with Gasteiger partial charge in [0, 0.05) is 18.8 Å². The molecular formula is C11H13N3S. The van der Waals surface area contributed by atoms with Crippen LogP contribution < -0.4 is 0 Å². The van der Waals surface area contributed by atoms with Crippen molar-refractivity contribution in [2.75, 3.05) is 18.8 Å². The van der Waals surface area contributed by atoms with Crippen LogP contribution >= 0.6 is 11.8 Å². The van der Waals surface area contributed by atoms with Crippen LogP contribution in [0.5, 0.6) is 0 Å². The van der Waals surface area contributed by atoms with Crippen molar-refractivity contribution in [3.63, 3.8) is 0 Å². The molecular weight excluding hydrogens is 206 g/mol. The predicted molar refractivity (Wildman–Crippen MR) is 61.7 cm³/mol. The first-order chi connectivity index (χ1) is 7.31. The molecule has 0 amide bonds. The van der Waals surface area contributed by atoms with E-state index in [4.69, 9.17) is 10.5 Å². The zero-order valence-corrected chi connectivity index (χ0v) is 9.55. The molecule has 3 nitrogen and oxygen atoms in total. The molecule has 0 aliphatic carbocycles. The van der Waals surface area contributed by atoms with Crippen LogP contribution in [0.4, 0.5) is 0 Å². The molecule has 0 bridgehead atoms. The standard InChI is InChI=1S/C11H13N3S/c1-2-5-14-6-7-15-11(14)4-3-10(8-12)9-13/h3-4H,2,5-7H2,1H3. The summed E-state index contributed by atoms with van der Waals surface area (Å²) in [6.45, 7) is 4.25. The Morgan fingerprint density at radius 3 is 2.87 bits per heavy atom. The van der Waals surface area contributed by atoms with E-state index in [1.54, 1.807) is 17.8 Å². The molecule has 0 N–H and O–H groups in total. The molecule has 1 heterocycles. The van der Waals surface area contributed by atoms with E-state index in [0.29, 0.717) is 0 Å². The first kappa shape index (κ1) is 11.7. The third kappa shape index (κ3) is 3.34. The SMILES string of the molecule is CCCN1CCSC1=CC=C(C#N)C#N. The van der Waals surface area contributed by atoms with Crippen LogP contribution in [-0.4, -0.2) is 23.7 Å². The van der Waals surface area contributed by atoms with Gasteiger partial charge in [-0.3, -0.25) is 0 Å². The zero-order chi connectivity index (χ0) is 11.1. The molecule has 1 saturated heterocycles. The Balaban J connectivity index is 2.71. The molecule has 0 atom stereocenters. The Morgan fingerprint density at radius 1 is 1.53 bits per heavy atom. The van der Waals surface area contributed by atoms with Crippen LogP contribution in [-0.2, 0) is 0 Å². The molecule has 0 spiro atoms. The first-order valence-electron chi connectivity index (χ1n) is 4.91. The minimum absolute atomic E-state index is 0.159. The highest BCUT2D eigenvalue weighted by molar-refractivity contribution is 8.03. The normalized spacial score (nSPS) is 17.3. The molecule has 1 fully saturated rings. The maximum atomic E-state index is 8.58. The second-order valence-corrected chi connectivity index (χ2v) is 4.26. The van der Waals surface area contributed by atoms with Gasteiger partial charge in [0.2, 0.25) is 0 Å². The summed E-state index contributed by atoms with van der Waals surface area (Å²) in [5.41, 5.74) is 0.159. The van der Waals surface area contributed by atoms with Crippen molar-refractivity contribution in [3.05, 3.63) is 22.8 Å². The van der Waals surface area contributed by atoms with Crippen LogP contribution in [0.3, 0.4) is 0 Å². The van der Waals surface area contributed by atoms with Crippen molar-refractivity contribution >= 4 is 11.8 Å². The van der Waals surface area contributed by atoms with E-state index < -0.39 is 0 Å². The summed E-state index contributed by atoms with van der Waals surface area (Å²) < 4.78 is 0. The van der Waals surface area contributed by atoms with E-state index >= 15 is 0 Å². The molecule has 4 heteroatoms. The van der Waals surface area contributed by atoms with E-state index in [1.165, 1.54) is 5.03 Å². The monoisotopic (exact) mass is 219 g/mol. The Hall–Kier alpha value is -1.39. The number of nitriles is 2. The number of hydrogen-bond acceptors (Lipinski definition) is 4. The van der Waals surface area contributed by atoms with E-state index in [2.05, 4.69) is 11.8 Å². The molecule has 0 aromatic carbocycles. The Labute approximate surface area is 94.7 Å². The summed E-state index contributed by atoms with van der Waals surface area (Å²) in [7, 11) is 0. The van der Waals surface area contributed by atoms with Crippen LogP contribution in [0, 0.1) is 22.7 Å². The summed E-state index contributed by atoms with van der Waals surface area (Å²) in [5, 5.41) is 18.3. The fourth-order valence-corrected chi connectivity index (χ4v) is 2.41. The van der Waals surface area contributed by atoms with Gasteiger partial charge in [0.1, 0.15) is 17.7 Å². The predicted octanol–water partition coefficient (Wildman–Crippen LogP) is 2.26. The molecule has 1 rings (SSSR count). The lowest BCUT2D eigenvalue weighted by molar-refractivity contribution is 0.402. The van der Waals surface area contributed by atoms with Crippen LogP contribution in [0.1, 0.15) is 13.3 Å². The Bertz CT molecular complexity index is 341. The topological polar surface area (TPSA) is 50.8 Å². The quantitative estimate of drug-likeness (QED) is 0.683. The third-order valence-electron chi connectivity index (χ3n) is 2.05. The van der Waals surface area contributed by atoms with Gasteiger partial charge in [-0.15, -0.1) is 11.8 Å². The number of allylic oxidation sites excluding steroid dienone is 3. The minimum atomic E-state index is 0.159. The van der Waals surface area contributed by atoms with Crippen LogP contribution in [0.15, 0.2) is 22.8 Å². The van der Waals surface area contributed by atoms with Gasteiger partial charge < -0.3 is 4.90 Å². The Kier molecular flexibility index (Phi) is 4.80. The number of thioether (sulfide) groups is 1. The highest BCUT2D eigenvalue weighted by Crippen LogP contribution is 2.27. The molecule has 1 aliphatic rings. The second kappa shape index (κ2) is 6.16. The molecule has 0 radical (unpaired) electrons. The van der Waals surface area contributed by atoms with Crippen molar-refractivity contribution in [1.82, 2.24) is 4.90 Å². The number of rotatable bonds is 3. The van der Waals surface area contributed by atoms with Crippen LogP contribution in [0.2, 0.25) is 0 Å². The van der Waals surface area contributed by atoms with Gasteiger partial charge >= 0.3 is 0 Å². The summed E-state index contributed by atoms with van der Waals surface area (Å²) in [6, 6.07) is 3.70. The highest BCUT2D eigenvalue weighted by atomic mass is 32.2. The fourth-order valence-electron chi connectivity index (χ4n) is 1.36. The van der Waals surface area contributed by atoms with Gasteiger partial charge in [0.15, 0.2) is 0 Å². The first-order valence-corrected chi connectivity index (χ1v) is 5.90. The fraction of sp³-hybridized carbons (Fsp3) is 0.455. The lowest BCUT2D eigenvalue weighted by Gasteiger charge is -2.16. The molecule has 0 saturated carbocycles. The molecule has 78 valence electrons. The Morgan fingerprint density at radius 2 is 2.27 bits per heavy atom. The molecule has 0 aromatic heterocycles. The van der Waals surface area contributed by atoms with Crippen molar-refractivity contribution in [2.45, 2.75) is 13.3 Å². The summed E-state index contributed by atoms with van der Waals surface area (Å²) in [5.74, 6) is 1.09.